The number of nitrogens with zero attached hydrogens (tertiary/aromatic N) is 1. The quantitative estimate of drug-likeness (QED) is 0.797. The highest BCUT2D eigenvalue weighted by molar-refractivity contribution is 5.27. The van der Waals surface area contributed by atoms with Crippen molar-refractivity contribution in [3.63, 3.8) is 0 Å². The third-order valence-electron chi connectivity index (χ3n) is 4.64. The Hall–Kier alpha value is -1.61. The molecule has 0 spiro atoms. The van der Waals surface area contributed by atoms with E-state index in [2.05, 4.69) is 53.6 Å². The summed E-state index contributed by atoms with van der Waals surface area (Å²) in [5, 5.41) is 10.8. The second kappa shape index (κ2) is 6.44. The van der Waals surface area contributed by atoms with E-state index in [1.807, 2.05) is 6.20 Å². The van der Waals surface area contributed by atoms with Gasteiger partial charge in [0.05, 0.1) is 6.20 Å². The molecular formula is C18H25N3. The summed E-state index contributed by atoms with van der Waals surface area (Å²) in [6.45, 7) is 5.37. The Morgan fingerprint density at radius 1 is 1.29 bits per heavy atom. The van der Waals surface area contributed by atoms with Gasteiger partial charge in [0.1, 0.15) is 0 Å². The third-order valence-corrected chi connectivity index (χ3v) is 4.64. The predicted molar refractivity (Wildman–Crippen MR) is 86.6 cm³/mol. The van der Waals surface area contributed by atoms with Gasteiger partial charge in [0, 0.05) is 11.7 Å². The van der Waals surface area contributed by atoms with Crippen LogP contribution < -0.4 is 5.32 Å². The molecule has 112 valence electrons. The largest absolute Gasteiger partial charge is 0.314 e. The fraction of sp³-hybridized carbons (Fsp3) is 0.500. The van der Waals surface area contributed by atoms with Crippen LogP contribution in [0.15, 0.2) is 30.5 Å². The summed E-state index contributed by atoms with van der Waals surface area (Å²) >= 11 is 0. The first-order valence-electron chi connectivity index (χ1n) is 8.01. The van der Waals surface area contributed by atoms with Crippen molar-refractivity contribution in [2.75, 3.05) is 6.54 Å². The van der Waals surface area contributed by atoms with Crippen molar-refractivity contribution in [3.8, 4) is 0 Å². The molecule has 0 unspecified atom stereocenters. The lowest BCUT2D eigenvalue weighted by molar-refractivity contribution is 0.290. The maximum atomic E-state index is 4.07. The van der Waals surface area contributed by atoms with Crippen molar-refractivity contribution in [1.29, 1.82) is 0 Å². The molecule has 1 aromatic heterocycles. The van der Waals surface area contributed by atoms with Crippen LogP contribution in [0.5, 0.6) is 0 Å². The Morgan fingerprint density at radius 2 is 2.14 bits per heavy atom. The van der Waals surface area contributed by atoms with Crippen molar-refractivity contribution in [3.05, 3.63) is 52.8 Å². The zero-order valence-corrected chi connectivity index (χ0v) is 13.0. The summed E-state index contributed by atoms with van der Waals surface area (Å²) in [7, 11) is 0. The van der Waals surface area contributed by atoms with E-state index in [4.69, 9.17) is 0 Å². The summed E-state index contributed by atoms with van der Waals surface area (Å²) in [6.07, 6.45) is 6.82. The molecule has 3 nitrogen and oxygen atoms in total. The van der Waals surface area contributed by atoms with E-state index in [0.29, 0.717) is 6.04 Å². The number of hydrogen-bond acceptors (Lipinski definition) is 2. The summed E-state index contributed by atoms with van der Waals surface area (Å²) in [4.78, 5) is 0. The summed E-state index contributed by atoms with van der Waals surface area (Å²) < 4.78 is 0. The highest BCUT2D eigenvalue weighted by atomic mass is 15.1. The molecule has 0 bridgehead atoms. The molecule has 0 atom stereocenters. The molecule has 0 aliphatic heterocycles. The van der Waals surface area contributed by atoms with E-state index in [0.717, 1.165) is 18.9 Å². The van der Waals surface area contributed by atoms with Gasteiger partial charge in [0.15, 0.2) is 0 Å². The molecule has 1 aliphatic carbocycles. The van der Waals surface area contributed by atoms with Gasteiger partial charge in [-0.25, -0.2) is 0 Å². The number of benzene rings is 1. The minimum atomic E-state index is 0.709. The molecule has 2 aromatic rings. The maximum absolute atomic E-state index is 4.07. The summed E-state index contributed by atoms with van der Waals surface area (Å²) in [5.41, 5.74) is 5.45. The maximum Gasteiger partial charge on any atom is 0.0522 e. The van der Waals surface area contributed by atoms with Gasteiger partial charge >= 0.3 is 0 Å². The second-order valence-electron chi connectivity index (χ2n) is 6.36. The fourth-order valence-electron chi connectivity index (χ4n) is 3.19. The smallest absolute Gasteiger partial charge is 0.0522 e. The Bertz CT molecular complexity index is 582. The van der Waals surface area contributed by atoms with Crippen molar-refractivity contribution in [2.45, 2.75) is 51.5 Å². The molecular weight excluding hydrogens is 258 g/mol. The number of rotatable bonds is 6. The van der Waals surface area contributed by atoms with Crippen LogP contribution in [-0.4, -0.2) is 22.8 Å². The van der Waals surface area contributed by atoms with Crippen molar-refractivity contribution < 1.29 is 0 Å². The standard InChI is InChI=1S/C18H25N3/c1-13-5-3-6-15(9-13)17-10-18(11-17)19-8-4-7-16-12-20-21-14(16)2/h3,5-6,9,12,17-19H,4,7-8,10-11H2,1-2H3,(H,20,21). The molecule has 0 saturated heterocycles. The number of aromatic nitrogens is 2. The Morgan fingerprint density at radius 3 is 2.86 bits per heavy atom. The van der Waals surface area contributed by atoms with Gasteiger partial charge in [-0.2, -0.15) is 5.10 Å². The van der Waals surface area contributed by atoms with Crippen LogP contribution in [0.2, 0.25) is 0 Å². The van der Waals surface area contributed by atoms with E-state index < -0.39 is 0 Å². The van der Waals surface area contributed by atoms with E-state index in [1.165, 1.54) is 41.6 Å². The van der Waals surface area contributed by atoms with Crippen LogP contribution in [0.4, 0.5) is 0 Å². The van der Waals surface area contributed by atoms with Gasteiger partial charge in [-0.1, -0.05) is 29.8 Å². The fourth-order valence-corrected chi connectivity index (χ4v) is 3.19. The number of H-pyrrole nitrogens is 1. The first kappa shape index (κ1) is 14.3. The van der Waals surface area contributed by atoms with Gasteiger partial charge in [-0.3, -0.25) is 5.10 Å². The minimum Gasteiger partial charge on any atom is -0.314 e. The first-order chi connectivity index (χ1) is 10.2. The molecule has 3 heteroatoms. The molecule has 1 aliphatic rings. The van der Waals surface area contributed by atoms with Gasteiger partial charge in [0.2, 0.25) is 0 Å². The molecule has 1 fully saturated rings. The Balaban J connectivity index is 1.35. The van der Waals surface area contributed by atoms with Gasteiger partial charge in [-0.15, -0.1) is 0 Å². The second-order valence-corrected chi connectivity index (χ2v) is 6.36. The lowest BCUT2D eigenvalue weighted by atomic mass is 9.75. The molecule has 3 rings (SSSR count). The average molecular weight is 283 g/mol. The number of aromatic amines is 1. The monoisotopic (exact) mass is 283 g/mol. The van der Waals surface area contributed by atoms with E-state index in [-0.39, 0.29) is 0 Å². The molecule has 2 N–H and O–H groups in total. The lowest BCUT2D eigenvalue weighted by Gasteiger charge is -2.36. The molecule has 0 amide bonds. The van der Waals surface area contributed by atoms with Crippen LogP contribution >= 0.6 is 0 Å². The number of aryl methyl sites for hydroxylation is 3. The summed E-state index contributed by atoms with van der Waals surface area (Å²) in [6, 6.07) is 9.67. The van der Waals surface area contributed by atoms with E-state index in [1.54, 1.807) is 0 Å². The normalized spacial score (nSPS) is 21.2. The van der Waals surface area contributed by atoms with Crippen molar-refractivity contribution in [1.82, 2.24) is 15.5 Å². The third kappa shape index (κ3) is 3.53. The lowest BCUT2D eigenvalue weighted by Crippen LogP contribution is -2.40. The predicted octanol–water partition coefficient (Wildman–Crippen LogP) is 3.49. The Labute approximate surface area is 127 Å². The van der Waals surface area contributed by atoms with Crippen molar-refractivity contribution in [2.24, 2.45) is 0 Å². The van der Waals surface area contributed by atoms with Gasteiger partial charge in [-0.05, 0) is 63.1 Å². The molecule has 0 radical (unpaired) electrons. The zero-order valence-electron chi connectivity index (χ0n) is 13.0. The minimum absolute atomic E-state index is 0.709. The first-order valence-corrected chi connectivity index (χ1v) is 8.01. The number of nitrogens with one attached hydrogen (secondary N) is 2. The number of hydrogen-bond donors (Lipinski definition) is 2. The highest BCUT2D eigenvalue weighted by Gasteiger charge is 2.29. The van der Waals surface area contributed by atoms with Crippen molar-refractivity contribution >= 4 is 0 Å². The van der Waals surface area contributed by atoms with Crippen LogP contribution in [0.25, 0.3) is 0 Å². The van der Waals surface area contributed by atoms with Gasteiger partial charge in [0.25, 0.3) is 0 Å². The SMILES string of the molecule is Cc1cccc(C2CC(NCCCc3cn[nH]c3C)C2)c1. The highest BCUT2D eigenvalue weighted by Crippen LogP contribution is 2.37. The average Bonchev–Trinajstić information content (AvgIpc) is 2.82. The van der Waals surface area contributed by atoms with Gasteiger partial charge < -0.3 is 5.32 Å². The summed E-state index contributed by atoms with van der Waals surface area (Å²) in [5.74, 6) is 0.763. The van der Waals surface area contributed by atoms with Crippen LogP contribution in [0, 0.1) is 13.8 Å². The molecule has 1 aromatic carbocycles. The molecule has 21 heavy (non-hydrogen) atoms. The topological polar surface area (TPSA) is 40.7 Å². The van der Waals surface area contributed by atoms with Crippen LogP contribution in [0.1, 0.15) is 47.6 Å². The zero-order chi connectivity index (χ0) is 14.7. The molecule has 1 saturated carbocycles. The Kier molecular flexibility index (Phi) is 4.39. The van der Waals surface area contributed by atoms with E-state index >= 15 is 0 Å². The van der Waals surface area contributed by atoms with Crippen LogP contribution in [0.3, 0.4) is 0 Å². The van der Waals surface area contributed by atoms with E-state index in [9.17, 15) is 0 Å². The van der Waals surface area contributed by atoms with Crippen LogP contribution in [-0.2, 0) is 6.42 Å². The molecule has 1 heterocycles.